The molecule has 0 aliphatic heterocycles. The Bertz CT molecular complexity index is 182. The van der Waals surface area contributed by atoms with Crippen LogP contribution in [0.15, 0.2) is 17.9 Å². The highest BCUT2D eigenvalue weighted by molar-refractivity contribution is 5.71. The standard InChI is InChI=1S/C8H15N3O2/c1-2-3-4-5-6-7-11(10-13)8(9)12/h2H,1,3-7H2,(H2,9,12). The van der Waals surface area contributed by atoms with Crippen LogP contribution in [0.1, 0.15) is 25.7 Å². The number of nitroso groups, excluding NO2 is 1. The van der Waals surface area contributed by atoms with Crippen molar-refractivity contribution in [3.8, 4) is 0 Å². The van der Waals surface area contributed by atoms with Crippen LogP contribution in [0.4, 0.5) is 4.79 Å². The van der Waals surface area contributed by atoms with E-state index in [0.29, 0.717) is 6.54 Å². The monoisotopic (exact) mass is 185 g/mol. The Kier molecular flexibility index (Phi) is 6.49. The van der Waals surface area contributed by atoms with Gasteiger partial charge in [-0.15, -0.1) is 11.5 Å². The summed E-state index contributed by atoms with van der Waals surface area (Å²) in [4.78, 5) is 20.5. The van der Waals surface area contributed by atoms with E-state index in [4.69, 9.17) is 5.73 Å². The molecule has 0 aromatic rings. The maximum Gasteiger partial charge on any atom is 0.337 e. The van der Waals surface area contributed by atoms with Gasteiger partial charge in [-0.3, -0.25) is 0 Å². The number of allylic oxidation sites excluding steroid dienone is 1. The average molecular weight is 185 g/mol. The Morgan fingerprint density at radius 2 is 2.15 bits per heavy atom. The number of rotatable bonds is 7. The summed E-state index contributed by atoms with van der Waals surface area (Å²) in [6.45, 7) is 3.89. The number of nitrogens with zero attached hydrogens (tertiary/aromatic N) is 2. The molecule has 0 saturated heterocycles. The molecule has 0 rings (SSSR count). The Balaban J connectivity index is 3.44. The van der Waals surface area contributed by atoms with Gasteiger partial charge in [0.05, 0.1) is 5.29 Å². The number of carbonyl (C=O) groups excluding carboxylic acids is 1. The van der Waals surface area contributed by atoms with Crippen LogP contribution >= 0.6 is 0 Å². The third-order valence-corrected chi connectivity index (χ3v) is 1.63. The Labute approximate surface area is 77.5 Å². The second-order valence-electron chi connectivity index (χ2n) is 2.68. The predicted molar refractivity (Wildman–Crippen MR) is 50.7 cm³/mol. The maximum atomic E-state index is 10.5. The van der Waals surface area contributed by atoms with Gasteiger partial charge in [0.2, 0.25) is 0 Å². The molecule has 0 radical (unpaired) electrons. The number of carbonyl (C=O) groups is 1. The summed E-state index contributed by atoms with van der Waals surface area (Å²) >= 11 is 0. The van der Waals surface area contributed by atoms with Gasteiger partial charge in [0.1, 0.15) is 0 Å². The van der Waals surface area contributed by atoms with Crippen LogP contribution in [-0.4, -0.2) is 17.6 Å². The van der Waals surface area contributed by atoms with Crippen molar-refractivity contribution < 1.29 is 4.79 Å². The minimum Gasteiger partial charge on any atom is -0.350 e. The molecule has 0 spiro atoms. The number of unbranched alkanes of at least 4 members (excludes halogenated alkanes) is 3. The molecule has 0 atom stereocenters. The molecule has 13 heavy (non-hydrogen) atoms. The summed E-state index contributed by atoms with van der Waals surface area (Å²) in [6.07, 6.45) is 5.47. The molecule has 0 aromatic heterocycles. The fourth-order valence-corrected chi connectivity index (χ4v) is 0.918. The number of hydrogen-bond donors (Lipinski definition) is 1. The van der Waals surface area contributed by atoms with Crippen LogP contribution in [0, 0.1) is 4.91 Å². The molecular weight excluding hydrogens is 170 g/mol. The van der Waals surface area contributed by atoms with Gasteiger partial charge in [0.25, 0.3) is 0 Å². The normalized spacial score (nSPS) is 9.23. The first-order valence-corrected chi connectivity index (χ1v) is 4.23. The topological polar surface area (TPSA) is 75.8 Å². The molecule has 5 heteroatoms. The molecule has 0 fully saturated rings. The lowest BCUT2D eigenvalue weighted by atomic mass is 10.2. The first-order chi connectivity index (χ1) is 6.22. The molecule has 0 unspecified atom stereocenters. The lowest BCUT2D eigenvalue weighted by molar-refractivity contribution is 0.208. The van der Waals surface area contributed by atoms with Crippen LogP contribution in [-0.2, 0) is 0 Å². The molecule has 0 bridgehead atoms. The van der Waals surface area contributed by atoms with Gasteiger partial charge in [-0.05, 0) is 19.3 Å². The first-order valence-electron chi connectivity index (χ1n) is 4.23. The highest BCUT2D eigenvalue weighted by Gasteiger charge is 2.07. The van der Waals surface area contributed by atoms with E-state index >= 15 is 0 Å². The molecule has 2 N–H and O–H groups in total. The van der Waals surface area contributed by atoms with Crippen LogP contribution < -0.4 is 5.73 Å². The Morgan fingerprint density at radius 1 is 1.46 bits per heavy atom. The summed E-state index contributed by atoms with van der Waals surface area (Å²) in [5.74, 6) is 0. The molecule has 2 amide bonds. The number of nitrogens with two attached hydrogens (primary N) is 1. The van der Waals surface area contributed by atoms with E-state index in [2.05, 4.69) is 11.9 Å². The van der Waals surface area contributed by atoms with Crippen molar-refractivity contribution in [1.82, 2.24) is 5.01 Å². The van der Waals surface area contributed by atoms with E-state index in [1.165, 1.54) is 0 Å². The van der Waals surface area contributed by atoms with Crippen molar-refractivity contribution in [3.63, 3.8) is 0 Å². The van der Waals surface area contributed by atoms with Crippen LogP contribution in [0.5, 0.6) is 0 Å². The molecule has 0 aromatic carbocycles. The van der Waals surface area contributed by atoms with Crippen LogP contribution in [0.3, 0.4) is 0 Å². The first kappa shape index (κ1) is 11.6. The highest BCUT2D eigenvalue weighted by atomic mass is 16.3. The summed E-state index contributed by atoms with van der Waals surface area (Å²) in [6, 6.07) is -0.793. The SMILES string of the molecule is C=CCCCCCN(N=O)C(N)=O. The minimum absolute atomic E-state index is 0.302. The zero-order chi connectivity index (χ0) is 10.1. The smallest absolute Gasteiger partial charge is 0.337 e. The van der Waals surface area contributed by atoms with E-state index in [0.717, 1.165) is 30.7 Å². The molecule has 0 aliphatic carbocycles. The number of primary amides is 1. The zero-order valence-corrected chi connectivity index (χ0v) is 7.61. The lowest BCUT2D eigenvalue weighted by Gasteiger charge is -2.08. The molecule has 5 nitrogen and oxygen atoms in total. The van der Waals surface area contributed by atoms with Gasteiger partial charge in [-0.25, -0.2) is 4.79 Å². The average Bonchev–Trinajstić information content (AvgIpc) is 2.10. The largest absolute Gasteiger partial charge is 0.350 e. The maximum absolute atomic E-state index is 10.5. The third kappa shape index (κ3) is 5.84. The lowest BCUT2D eigenvalue weighted by Crippen LogP contribution is -2.31. The summed E-state index contributed by atoms with van der Waals surface area (Å²) < 4.78 is 0. The van der Waals surface area contributed by atoms with Crippen molar-refractivity contribution in [3.05, 3.63) is 17.6 Å². The highest BCUT2D eigenvalue weighted by Crippen LogP contribution is 2.02. The molecule has 74 valence electrons. The van der Waals surface area contributed by atoms with E-state index < -0.39 is 6.03 Å². The second kappa shape index (κ2) is 7.27. The van der Waals surface area contributed by atoms with Gasteiger partial charge >= 0.3 is 6.03 Å². The van der Waals surface area contributed by atoms with Crippen LogP contribution in [0.25, 0.3) is 0 Å². The minimum atomic E-state index is -0.793. The number of amides is 2. The van der Waals surface area contributed by atoms with Crippen LogP contribution in [0.2, 0.25) is 0 Å². The van der Waals surface area contributed by atoms with Gasteiger partial charge in [-0.2, -0.15) is 5.01 Å². The Morgan fingerprint density at radius 3 is 2.62 bits per heavy atom. The van der Waals surface area contributed by atoms with Crippen molar-refractivity contribution >= 4 is 6.03 Å². The van der Waals surface area contributed by atoms with E-state index in [1.54, 1.807) is 0 Å². The summed E-state index contributed by atoms with van der Waals surface area (Å²) in [7, 11) is 0. The Hall–Kier alpha value is -1.39. The van der Waals surface area contributed by atoms with E-state index in [1.807, 2.05) is 6.08 Å². The summed E-state index contributed by atoms with van der Waals surface area (Å²) in [5.41, 5.74) is 4.87. The molecule has 0 saturated carbocycles. The number of hydrogen-bond acceptors (Lipinski definition) is 3. The van der Waals surface area contributed by atoms with Gasteiger partial charge in [0, 0.05) is 6.54 Å². The zero-order valence-electron chi connectivity index (χ0n) is 7.61. The molecular formula is C8H15N3O2. The quantitative estimate of drug-likeness (QED) is 0.284. The van der Waals surface area contributed by atoms with E-state index in [9.17, 15) is 9.70 Å². The van der Waals surface area contributed by atoms with Gasteiger partial charge in [0.15, 0.2) is 0 Å². The molecule has 0 aliphatic rings. The van der Waals surface area contributed by atoms with Crippen molar-refractivity contribution in [2.75, 3.05) is 6.54 Å². The number of urea groups is 1. The fourth-order valence-electron chi connectivity index (χ4n) is 0.918. The van der Waals surface area contributed by atoms with E-state index in [-0.39, 0.29) is 0 Å². The van der Waals surface area contributed by atoms with Gasteiger partial charge in [-0.1, -0.05) is 12.5 Å². The van der Waals surface area contributed by atoms with Crippen molar-refractivity contribution in [2.24, 2.45) is 11.0 Å². The predicted octanol–water partition coefficient (Wildman–Crippen LogP) is 1.79. The fraction of sp³-hybridized carbons (Fsp3) is 0.625. The van der Waals surface area contributed by atoms with Crippen molar-refractivity contribution in [2.45, 2.75) is 25.7 Å². The second-order valence-corrected chi connectivity index (χ2v) is 2.68. The third-order valence-electron chi connectivity index (χ3n) is 1.63. The van der Waals surface area contributed by atoms with Gasteiger partial charge < -0.3 is 5.73 Å². The van der Waals surface area contributed by atoms with Crippen molar-refractivity contribution in [1.29, 1.82) is 0 Å². The molecule has 0 heterocycles. The summed E-state index contributed by atoms with van der Waals surface area (Å²) in [5, 5.41) is 3.22.